The van der Waals surface area contributed by atoms with E-state index in [0.29, 0.717) is 0 Å². The average molecular weight is 727 g/mol. The van der Waals surface area contributed by atoms with Gasteiger partial charge in [-0.05, 0) is 98.2 Å². The molecule has 0 aliphatic heterocycles. The zero-order chi connectivity index (χ0) is 38.0. The Labute approximate surface area is 333 Å². The van der Waals surface area contributed by atoms with Crippen LogP contribution in [0.3, 0.4) is 0 Å². The maximum atomic E-state index is 5.31. The van der Waals surface area contributed by atoms with Gasteiger partial charge in [-0.15, -0.1) is 0 Å². The molecule has 1 heterocycles. The van der Waals surface area contributed by atoms with Crippen LogP contribution < -0.4 is 4.90 Å². The third-order valence-electron chi connectivity index (χ3n) is 10.9. The first kappa shape index (κ1) is 34.0. The maximum absolute atomic E-state index is 5.31. The predicted octanol–water partition coefficient (Wildman–Crippen LogP) is 15.2. The molecule has 57 heavy (non-hydrogen) atoms. The van der Waals surface area contributed by atoms with E-state index in [2.05, 4.69) is 235 Å². The predicted molar refractivity (Wildman–Crippen MR) is 241 cm³/mol. The van der Waals surface area contributed by atoms with Gasteiger partial charge >= 0.3 is 0 Å². The Balaban J connectivity index is 1.04. The molecule has 0 unspecified atom stereocenters. The molecule has 0 amide bonds. The molecule has 0 aliphatic rings. The topological polar surface area (TPSA) is 16.1 Å². The highest BCUT2D eigenvalue weighted by molar-refractivity contribution is 6.02. The highest BCUT2D eigenvalue weighted by Crippen LogP contribution is 2.41. The number of fused-ring (bicyclic) bond motifs is 2. The molecule has 9 aromatic carbocycles. The third kappa shape index (κ3) is 6.75. The molecule has 0 N–H and O–H groups in total. The number of hydrogen-bond acceptors (Lipinski definition) is 2. The summed E-state index contributed by atoms with van der Waals surface area (Å²) in [5.41, 5.74) is 15.8. The van der Waals surface area contributed by atoms with Crippen LogP contribution in [0.1, 0.15) is 0 Å². The Hall–Kier alpha value is -7.55. The number of aromatic nitrogens is 1. The second kappa shape index (κ2) is 14.9. The van der Waals surface area contributed by atoms with Gasteiger partial charge in [-0.2, -0.15) is 0 Å². The summed E-state index contributed by atoms with van der Waals surface area (Å²) in [6, 6.07) is 82.4. The Morgan fingerprint density at radius 1 is 0.281 bits per heavy atom. The van der Waals surface area contributed by atoms with Crippen LogP contribution in [0.5, 0.6) is 0 Å². The first-order chi connectivity index (χ1) is 28.2. The minimum absolute atomic E-state index is 0.970. The van der Waals surface area contributed by atoms with Crippen molar-refractivity contribution in [3.8, 4) is 55.8 Å². The molecule has 10 aromatic rings. The fourth-order valence-corrected chi connectivity index (χ4v) is 7.94. The SMILES string of the molecule is c1ccc(-c2ccc(-c3ccc(N(c4ccc(-c5ccccc5)cc4)c4ccc(-c5nc6ccccc6cc5-c5cccc6ccccc56)cc4)cc3)cc2)cc1. The molecular formula is C55H38N2. The number of rotatable bonds is 8. The number of para-hydroxylation sites is 1. The van der Waals surface area contributed by atoms with E-state index in [9.17, 15) is 0 Å². The summed E-state index contributed by atoms with van der Waals surface area (Å²) in [6.45, 7) is 0. The fourth-order valence-electron chi connectivity index (χ4n) is 7.94. The van der Waals surface area contributed by atoms with Crippen LogP contribution in [0, 0.1) is 0 Å². The van der Waals surface area contributed by atoms with E-state index in [1.54, 1.807) is 0 Å². The van der Waals surface area contributed by atoms with Crippen LogP contribution in [0.25, 0.3) is 77.4 Å². The summed E-state index contributed by atoms with van der Waals surface area (Å²) in [5, 5.41) is 3.56. The second-order valence-electron chi connectivity index (χ2n) is 14.4. The third-order valence-corrected chi connectivity index (χ3v) is 10.9. The molecule has 0 radical (unpaired) electrons. The lowest BCUT2D eigenvalue weighted by atomic mass is 9.93. The molecule has 0 bridgehead atoms. The van der Waals surface area contributed by atoms with Crippen molar-refractivity contribution >= 4 is 38.7 Å². The van der Waals surface area contributed by atoms with Crippen molar-refractivity contribution in [3.63, 3.8) is 0 Å². The number of anilines is 3. The van der Waals surface area contributed by atoms with Gasteiger partial charge in [0.15, 0.2) is 0 Å². The van der Waals surface area contributed by atoms with Crippen LogP contribution >= 0.6 is 0 Å². The number of hydrogen-bond donors (Lipinski definition) is 0. The number of pyridine rings is 1. The highest BCUT2D eigenvalue weighted by Gasteiger charge is 2.17. The molecule has 268 valence electrons. The normalized spacial score (nSPS) is 11.2. The molecule has 2 nitrogen and oxygen atoms in total. The Morgan fingerprint density at radius 2 is 0.684 bits per heavy atom. The van der Waals surface area contributed by atoms with Gasteiger partial charge in [0.2, 0.25) is 0 Å². The number of benzene rings is 9. The van der Waals surface area contributed by atoms with Gasteiger partial charge in [-0.1, -0.05) is 182 Å². The average Bonchev–Trinajstić information content (AvgIpc) is 3.30. The Morgan fingerprint density at radius 3 is 1.23 bits per heavy atom. The smallest absolute Gasteiger partial charge is 0.0788 e. The lowest BCUT2D eigenvalue weighted by Crippen LogP contribution is -2.09. The lowest BCUT2D eigenvalue weighted by molar-refractivity contribution is 1.28. The van der Waals surface area contributed by atoms with E-state index in [1.807, 2.05) is 0 Å². The number of nitrogens with zero attached hydrogens (tertiary/aromatic N) is 2. The maximum Gasteiger partial charge on any atom is 0.0788 e. The van der Waals surface area contributed by atoms with Gasteiger partial charge in [0.05, 0.1) is 11.2 Å². The molecule has 0 saturated heterocycles. The van der Waals surface area contributed by atoms with E-state index in [-0.39, 0.29) is 0 Å². The Bertz CT molecular complexity index is 2950. The lowest BCUT2D eigenvalue weighted by Gasteiger charge is -2.26. The summed E-state index contributed by atoms with van der Waals surface area (Å²) >= 11 is 0. The molecule has 0 spiro atoms. The zero-order valence-corrected chi connectivity index (χ0v) is 31.3. The van der Waals surface area contributed by atoms with Crippen LogP contribution in [-0.2, 0) is 0 Å². The molecule has 1 aromatic heterocycles. The van der Waals surface area contributed by atoms with Crippen LogP contribution in [-0.4, -0.2) is 4.98 Å². The van der Waals surface area contributed by atoms with Crippen molar-refractivity contribution in [2.45, 2.75) is 0 Å². The van der Waals surface area contributed by atoms with E-state index in [0.717, 1.165) is 44.8 Å². The summed E-state index contributed by atoms with van der Waals surface area (Å²) in [7, 11) is 0. The van der Waals surface area contributed by atoms with Gasteiger partial charge < -0.3 is 4.90 Å². The largest absolute Gasteiger partial charge is 0.311 e. The van der Waals surface area contributed by atoms with E-state index in [1.165, 1.54) is 49.7 Å². The van der Waals surface area contributed by atoms with Crippen molar-refractivity contribution in [1.29, 1.82) is 0 Å². The van der Waals surface area contributed by atoms with Gasteiger partial charge in [-0.3, -0.25) is 0 Å². The van der Waals surface area contributed by atoms with Crippen molar-refractivity contribution in [3.05, 3.63) is 231 Å². The van der Waals surface area contributed by atoms with E-state index in [4.69, 9.17) is 4.98 Å². The minimum Gasteiger partial charge on any atom is -0.311 e. The first-order valence-electron chi connectivity index (χ1n) is 19.5. The van der Waals surface area contributed by atoms with Gasteiger partial charge in [0.1, 0.15) is 0 Å². The van der Waals surface area contributed by atoms with Gasteiger partial charge in [0, 0.05) is 33.6 Å². The van der Waals surface area contributed by atoms with Crippen molar-refractivity contribution in [2.75, 3.05) is 4.90 Å². The van der Waals surface area contributed by atoms with Gasteiger partial charge in [-0.25, -0.2) is 4.98 Å². The van der Waals surface area contributed by atoms with Crippen LogP contribution in [0.2, 0.25) is 0 Å². The molecule has 10 rings (SSSR count). The standard InChI is InChI=1S/C55H38N2/c1-3-12-39(13-4-1)41-22-24-42(25-23-41)44-28-34-49(35-29-44)57(48-32-26-43(27-33-48)40-14-5-2-6-15-40)50-36-30-46(31-37-50)55-53(38-47-17-8-10-21-54(47)56-55)52-20-11-18-45-16-7-9-19-51(45)52/h1-38H. The van der Waals surface area contributed by atoms with Crippen LogP contribution in [0.4, 0.5) is 17.1 Å². The van der Waals surface area contributed by atoms with Crippen molar-refractivity contribution in [1.82, 2.24) is 4.98 Å². The quantitative estimate of drug-likeness (QED) is 0.155. The minimum atomic E-state index is 0.970. The Kier molecular flexibility index (Phi) is 8.91. The van der Waals surface area contributed by atoms with E-state index < -0.39 is 0 Å². The first-order valence-corrected chi connectivity index (χ1v) is 19.5. The summed E-state index contributed by atoms with van der Waals surface area (Å²) in [4.78, 5) is 7.64. The molecule has 0 fully saturated rings. The molecule has 0 saturated carbocycles. The fraction of sp³-hybridized carbons (Fsp3) is 0. The zero-order valence-electron chi connectivity index (χ0n) is 31.3. The molecule has 0 aliphatic carbocycles. The summed E-state index contributed by atoms with van der Waals surface area (Å²) in [6.07, 6.45) is 0. The molecule has 2 heteroatoms. The molecule has 0 atom stereocenters. The second-order valence-corrected chi connectivity index (χ2v) is 14.4. The van der Waals surface area contributed by atoms with Gasteiger partial charge in [0.25, 0.3) is 0 Å². The van der Waals surface area contributed by atoms with Crippen molar-refractivity contribution in [2.24, 2.45) is 0 Å². The summed E-state index contributed by atoms with van der Waals surface area (Å²) in [5.74, 6) is 0. The monoisotopic (exact) mass is 726 g/mol. The molecular weight excluding hydrogens is 689 g/mol. The van der Waals surface area contributed by atoms with E-state index >= 15 is 0 Å². The van der Waals surface area contributed by atoms with Crippen molar-refractivity contribution < 1.29 is 0 Å². The summed E-state index contributed by atoms with van der Waals surface area (Å²) < 4.78 is 0. The van der Waals surface area contributed by atoms with Crippen LogP contribution in [0.15, 0.2) is 231 Å². The highest BCUT2D eigenvalue weighted by atomic mass is 15.1.